The molecule has 0 saturated carbocycles. The highest BCUT2D eigenvalue weighted by Crippen LogP contribution is 2.32. The maximum atomic E-state index is 5.92. The summed E-state index contributed by atoms with van der Waals surface area (Å²) in [4.78, 5) is 2.42. The second-order valence-corrected chi connectivity index (χ2v) is 6.15. The topological polar surface area (TPSA) is 29.3 Å². The zero-order chi connectivity index (χ0) is 13.2. The third-order valence-corrected chi connectivity index (χ3v) is 3.47. The molecule has 0 bridgehead atoms. The van der Waals surface area contributed by atoms with Crippen LogP contribution in [0.4, 0.5) is 11.4 Å². The summed E-state index contributed by atoms with van der Waals surface area (Å²) in [7, 11) is 0. The van der Waals surface area contributed by atoms with E-state index < -0.39 is 0 Å². The van der Waals surface area contributed by atoms with Gasteiger partial charge in [-0.3, -0.25) is 0 Å². The van der Waals surface area contributed by atoms with E-state index in [0.717, 1.165) is 22.3 Å². The number of hydrogen-bond acceptors (Lipinski definition) is 2. The molecule has 1 aromatic rings. The Kier molecular flexibility index (Phi) is 4.87. The van der Waals surface area contributed by atoms with Gasteiger partial charge >= 0.3 is 0 Å². The molecule has 0 fully saturated rings. The van der Waals surface area contributed by atoms with E-state index >= 15 is 0 Å². The van der Waals surface area contributed by atoms with Crippen LogP contribution in [0.3, 0.4) is 0 Å². The minimum Gasteiger partial charge on any atom is -0.398 e. The summed E-state index contributed by atoms with van der Waals surface area (Å²) in [5, 5.41) is 0. The minimum atomic E-state index is 0.483. The van der Waals surface area contributed by atoms with Gasteiger partial charge in [-0.25, -0.2) is 0 Å². The summed E-state index contributed by atoms with van der Waals surface area (Å²) >= 11 is 3.62. The first-order valence-corrected chi connectivity index (χ1v) is 6.94. The number of nitrogens with two attached hydrogens (primary N) is 1. The minimum absolute atomic E-state index is 0.483. The summed E-state index contributed by atoms with van der Waals surface area (Å²) in [6.45, 7) is 12.0. The SMILES string of the molecule is Cc1cc(N(CC(C)C)C(C)C)c(Br)cc1N. The number of nitrogens with zero attached hydrogens (tertiary/aromatic N) is 1. The molecule has 0 radical (unpaired) electrons. The van der Waals surface area contributed by atoms with Crippen LogP contribution in [0.1, 0.15) is 33.3 Å². The predicted octanol–water partition coefficient (Wildman–Crippen LogP) is 4.21. The fraction of sp³-hybridized carbons (Fsp3) is 0.571. The summed E-state index contributed by atoms with van der Waals surface area (Å²) in [6.07, 6.45) is 0. The lowest BCUT2D eigenvalue weighted by Crippen LogP contribution is -2.34. The van der Waals surface area contributed by atoms with Gasteiger partial charge in [0.1, 0.15) is 0 Å². The van der Waals surface area contributed by atoms with Crippen molar-refractivity contribution in [2.75, 3.05) is 17.2 Å². The van der Waals surface area contributed by atoms with E-state index in [2.05, 4.69) is 61.5 Å². The Morgan fingerprint density at radius 1 is 1.24 bits per heavy atom. The maximum absolute atomic E-state index is 5.92. The second kappa shape index (κ2) is 5.76. The van der Waals surface area contributed by atoms with E-state index in [1.807, 2.05) is 6.07 Å². The Morgan fingerprint density at radius 3 is 2.29 bits per heavy atom. The number of aryl methyl sites for hydroxylation is 1. The normalized spacial score (nSPS) is 11.3. The fourth-order valence-electron chi connectivity index (χ4n) is 1.88. The number of anilines is 2. The van der Waals surface area contributed by atoms with Crippen LogP contribution in [-0.2, 0) is 0 Å². The molecule has 0 spiro atoms. The molecule has 2 N–H and O–H groups in total. The zero-order valence-electron chi connectivity index (χ0n) is 11.4. The Balaban J connectivity index is 3.14. The number of benzene rings is 1. The molecule has 1 rings (SSSR count). The molecule has 0 amide bonds. The van der Waals surface area contributed by atoms with Crippen molar-refractivity contribution >= 4 is 27.3 Å². The number of hydrogen-bond donors (Lipinski definition) is 1. The van der Waals surface area contributed by atoms with Gasteiger partial charge in [0.2, 0.25) is 0 Å². The molecule has 2 nitrogen and oxygen atoms in total. The van der Waals surface area contributed by atoms with Gasteiger partial charge in [-0.05, 0) is 60.3 Å². The average molecular weight is 299 g/mol. The summed E-state index contributed by atoms with van der Waals surface area (Å²) < 4.78 is 1.08. The van der Waals surface area contributed by atoms with Gasteiger partial charge in [0.25, 0.3) is 0 Å². The van der Waals surface area contributed by atoms with Gasteiger partial charge in [-0.15, -0.1) is 0 Å². The first-order valence-electron chi connectivity index (χ1n) is 6.15. The van der Waals surface area contributed by atoms with E-state index in [0.29, 0.717) is 12.0 Å². The van der Waals surface area contributed by atoms with E-state index in [1.54, 1.807) is 0 Å². The van der Waals surface area contributed by atoms with Crippen molar-refractivity contribution in [2.45, 2.75) is 40.7 Å². The lowest BCUT2D eigenvalue weighted by molar-refractivity contribution is 0.570. The number of nitrogen functional groups attached to an aromatic ring is 1. The first-order chi connectivity index (χ1) is 7.82. The van der Waals surface area contributed by atoms with Crippen LogP contribution in [0, 0.1) is 12.8 Å². The zero-order valence-corrected chi connectivity index (χ0v) is 13.0. The molecule has 96 valence electrons. The Morgan fingerprint density at radius 2 is 1.82 bits per heavy atom. The second-order valence-electron chi connectivity index (χ2n) is 5.30. The Labute approximate surface area is 113 Å². The summed E-state index contributed by atoms with van der Waals surface area (Å²) in [6, 6.07) is 4.65. The fourth-order valence-corrected chi connectivity index (χ4v) is 2.47. The standard InChI is InChI=1S/C14H23BrN2/c1-9(2)8-17(10(3)4)14-6-11(5)13(16)7-12(14)15/h6-7,9-10H,8,16H2,1-5H3. The molecule has 0 heterocycles. The van der Waals surface area contributed by atoms with Crippen LogP contribution in [0.25, 0.3) is 0 Å². The van der Waals surface area contributed by atoms with Crippen molar-refractivity contribution in [3.8, 4) is 0 Å². The number of halogens is 1. The highest BCUT2D eigenvalue weighted by molar-refractivity contribution is 9.10. The average Bonchev–Trinajstić information content (AvgIpc) is 2.20. The molecule has 1 aromatic carbocycles. The van der Waals surface area contributed by atoms with Crippen molar-refractivity contribution in [2.24, 2.45) is 5.92 Å². The summed E-state index contributed by atoms with van der Waals surface area (Å²) in [5.74, 6) is 0.641. The highest BCUT2D eigenvalue weighted by atomic mass is 79.9. The van der Waals surface area contributed by atoms with Gasteiger partial charge in [0, 0.05) is 22.7 Å². The first kappa shape index (κ1) is 14.4. The van der Waals surface area contributed by atoms with Crippen LogP contribution in [0.2, 0.25) is 0 Å². The predicted molar refractivity (Wildman–Crippen MR) is 80.6 cm³/mol. The Hall–Kier alpha value is -0.700. The largest absolute Gasteiger partial charge is 0.398 e. The molecule has 3 heteroatoms. The lowest BCUT2D eigenvalue weighted by atomic mass is 10.1. The van der Waals surface area contributed by atoms with Gasteiger partial charge < -0.3 is 10.6 Å². The van der Waals surface area contributed by atoms with Gasteiger partial charge in [-0.2, -0.15) is 0 Å². The van der Waals surface area contributed by atoms with Crippen molar-refractivity contribution in [1.82, 2.24) is 0 Å². The summed E-state index contributed by atoms with van der Waals surface area (Å²) in [5.41, 5.74) is 9.13. The molecule has 17 heavy (non-hydrogen) atoms. The maximum Gasteiger partial charge on any atom is 0.0517 e. The van der Waals surface area contributed by atoms with E-state index in [9.17, 15) is 0 Å². The molecule has 0 aliphatic carbocycles. The van der Waals surface area contributed by atoms with Gasteiger partial charge in [0.15, 0.2) is 0 Å². The van der Waals surface area contributed by atoms with Crippen LogP contribution in [0.5, 0.6) is 0 Å². The van der Waals surface area contributed by atoms with Crippen molar-refractivity contribution < 1.29 is 0 Å². The smallest absolute Gasteiger partial charge is 0.0517 e. The molecule has 0 aliphatic rings. The quantitative estimate of drug-likeness (QED) is 0.844. The van der Waals surface area contributed by atoms with Crippen molar-refractivity contribution in [1.29, 1.82) is 0 Å². The van der Waals surface area contributed by atoms with Crippen LogP contribution >= 0.6 is 15.9 Å². The van der Waals surface area contributed by atoms with Crippen LogP contribution in [-0.4, -0.2) is 12.6 Å². The van der Waals surface area contributed by atoms with Crippen LogP contribution < -0.4 is 10.6 Å². The monoisotopic (exact) mass is 298 g/mol. The van der Waals surface area contributed by atoms with E-state index in [4.69, 9.17) is 5.73 Å². The third kappa shape index (κ3) is 3.63. The molecule has 0 aliphatic heterocycles. The van der Waals surface area contributed by atoms with Gasteiger partial charge in [-0.1, -0.05) is 13.8 Å². The lowest BCUT2D eigenvalue weighted by Gasteiger charge is -2.32. The molecule has 0 aromatic heterocycles. The molecule has 0 saturated heterocycles. The molecular formula is C14H23BrN2. The van der Waals surface area contributed by atoms with Crippen molar-refractivity contribution in [3.05, 3.63) is 22.2 Å². The molecule has 0 atom stereocenters. The van der Waals surface area contributed by atoms with Crippen LogP contribution in [0.15, 0.2) is 16.6 Å². The number of rotatable bonds is 4. The van der Waals surface area contributed by atoms with Crippen molar-refractivity contribution in [3.63, 3.8) is 0 Å². The Bertz CT molecular complexity index is 386. The molecular weight excluding hydrogens is 276 g/mol. The van der Waals surface area contributed by atoms with Gasteiger partial charge in [0.05, 0.1) is 5.69 Å². The third-order valence-electron chi connectivity index (χ3n) is 2.83. The van der Waals surface area contributed by atoms with E-state index in [1.165, 1.54) is 5.69 Å². The highest BCUT2D eigenvalue weighted by Gasteiger charge is 2.16. The molecule has 0 unspecified atom stereocenters. The van der Waals surface area contributed by atoms with E-state index in [-0.39, 0.29) is 0 Å².